The highest BCUT2D eigenvalue weighted by Crippen LogP contribution is 2.28. The van der Waals surface area contributed by atoms with E-state index in [-0.39, 0.29) is 23.1 Å². The molecule has 1 aliphatic heterocycles. The number of fused-ring (bicyclic) bond motifs is 1. The maximum Gasteiger partial charge on any atom is 0.261 e. The summed E-state index contributed by atoms with van der Waals surface area (Å²) in [6, 6.07) is 1.55. The van der Waals surface area contributed by atoms with Crippen molar-refractivity contribution in [1.29, 1.82) is 0 Å². The number of nitrogens with one attached hydrogen (secondary N) is 1. The summed E-state index contributed by atoms with van der Waals surface area (Å²) < 4.78 is 0. The van der Waals surface area contributed by atoms with Crippen LogP contribution < -0.4 is 5.56 Å². The van der Waals surface area contributed by atoms with Crippen molar-refractivity contribution in [3.8, 4) is 0 Å². The van der Waals surface area contributed by atoms with Gasteiger partial charge in [0.15, 0.2) is 0 Å². The molecular formula is C17H24N2O3. The number of carbonyl (C=O) groups excluding carboxylic acids is 1. The number of aliphatic hydroxyl groups is 1. The number of aromatic nitrogens is 1. The predicted molar refractivity (Wildman–Crippen MR) is 84.1 cm³/mol. The Labute approximate surface area is 130 Å². The molecule has 0 spiro atoms. The van der Waals surface area contributed by atoms with Gasteiger partial charge in [0.1, 0.15) is 5.56 Å². The molecule has 5 nitrogen and oxygen atoms in total. The Hall–Kier alpha value is -1.62. The van der Waals surface area contributed by atoms with Crippen molar-refractivity contribution in [1.82, 2.24) is 9.88 Å². The number of rotatable bonds is 2. The number of aryl methyl sites for hydroxylation is 2. The van der Waals surface area contributed by atoms with Crippen molar-refractivity contribution in [2.24, 2.45) is 0 Å². The molecule has 1 fully saturated rings. The number of aromatic amines is 1. The molecule has 1 aliphatic carbocycles. The van der Waals surface area contributed by atoms with Crippen LogP contribution in [-0.4, -0.2) is 39.1 Å². The zero-order valence-electron chi connectivity index (χ0n) is 13.3. The first-order valence-electron chi connectivity index (χ1n) is 8.16. The lowest BCUT2D eigenvalue weighted by Crippen LogP contribution is -2.49. The van der Waals surface area contributed by atoms with Gasteiger partial charge in [-0.25, -0.2) is 0 Å². The Morgan fingerprint density at radius 1 is 1.32 bits per heavy atom. The topological polar surface area (TPSA) is 73.4 Å². The quantitative estimate of drug-likeness (QED) is 0.872. The molecule has 120 valence electrons. The molecule has 0 radical (unpaired) electrons. The molecule has 1 aromatic rings. The van der Waals surface area contributed by atoms with E-state index < -0.39 is 5.60 Å². The van der Waals surface area contributed by atoms with Crippen LogP contribution in [0, 0.1) is 0 Å². The van der Waals surface area contributed by atoms with Crippen LogP contribution in [0.1, 0.15) is 61.1 Å². The number of likely N-dealkylation sites (tertiary alicyclic amines) is 1. The van der Waals surface area contributed by atoms with Crippen molar-refractivity contribution >= 4 is 5.91 Å². The summed E-state index contributed by atoms with van der Waals surface area (Å²) in [7, 11) is 0. The highest BCUT2D eigenvalue weighted by molar-refractivity contribution is 5.94. The number of nitrogens with zero attached hydrogens (tertiary/aromatic N) is 1. The summed E-state index contributed by atoms with van der Waals surface area (Å²) in [5.41, 5.74) is 1.04. The Morgan fingerprint density at radius 2 is 2.05 bits per heavy atom. The average molecular weight is 304 g/mol. The van der Waals surface area contributed by atoms with Gasteiger partial charge < -0.3 is 15.0 Å². The van der Waals surface area contributed by atoms with Gasteiger partial charge in [-0.15, -0.1) is 0 Å². The maximum absolute atomic E-state index is 12.8. The summed E-state index contributed by atoms with van der Waals surface area (Å²) in [5, 5.41) is 10.3. The van der Waals surface area contributed by atoms with Gasteiger partial charge in [0.05, 0.1) is 11.6 Å². The van der Waals surface area contributed by atoms with Gasteiger partial charge in [0.2, 0.25) is 0 Å². The highest BCUT2D eigenvalue weighted by atomic mass is 16.3. The van der Waals surface area contributed by atoms with Crippen molar-refractivity contribution in [2.45, 2.75) is 64.0 Å². The summed E-state index contributed by atoms with van der Waals surface area (Å²) in [5.74, 6) is -0.251. The third kappa shape index (κ3) is 2.70. The van der Waals surface area contributed by atoms with E-state index in [1.165, 1.54) is 0 Å². The molecule has 2 N–H and O–H groups in total. The monoisotopic (exact) mass is 304 g/mol. The van der Waals surface area contributed by atoms with Crippen molar-refractivity contribution in [3.63, 3.8) is 0 Å². The number of H-pyrrole nitrogens is 1. The minimum atomic E-state index is -0.951. The van der Waals surface area contributed by atoms with Crippen LogP contribution in [0.4, 0.5) is 0 Å². The van der Waals surface area contributed by atoms with E-state index in [2.05, 4.69) is 4.98 Å². The van der Waals surface area contributed by atoms with Crippen molar-refractivity contribution in [2.75, 3.05) is 6.54 Å². The van der Waals surface area contributed by atoms with Gasteiger partial charge >= 0.3 is 0 Å². The summed E-state index contributed by atoms with van der Waals surface area (Å²) >= 11 is 0. The molecule has 1 unspecified atom stereocenters. The number of hydrogen-bond donors (Lipinski definition) is 2. The first-order chi connectivity index (χ1) is 10.4. The van der Waals surface area contributed by atoms with E-state index in [4.69, 9.17) is 0 Å². The second-order valence-corrected chi connectivity index (χ2v) is 7.03. The van der Waals surface area contributed by atoms with Crippen LogP contribution in [0.5, 0.6) is 0 Å². The fraction of sp³-hybridized carbons (Fsp3) is 0.647. The Kier molecular flexibility index (Phi) is 3.85. The molecule has 5 heteroatoms. The standard InChI is InChI=1S/C17H24N2O3/c1-17(2,22)14-8-5-9-19(14)16(21)12-10-11-6-3-4-7-13(11)18-15(12)20/h10,14,22H,3-9H2,1-2H3,(H,18,20). The minimum absolute atomic E-state index is 0.219. The molecular weight excluding hydrogens is 280 g/mol. The Balaban J connectivity index is 1.94. The Morgan fingerprint density at radius 3 is 2.77 bits per heavy atom. The number of hydrogen-bond acceptors (Lipinski definition) is 3. The molecule has 1 saturated heterocycles. The fourth-order valence-electron chi connectivity index (χ4n) is 3.73. The molecule has 0 saturated carbocycles. The molecule has 1 amide bonds. The van der Waals surface area contributed by atoms with Gasteiger partial charge in [0.25, 0.3) is 11.5 Å². The van der Waals surface area contributed by atoms with E-state index in [1.807, 2.05) is 0 Å². The third-order valence-electron chi connectivity index (χ3n) is 4.90. The Bertz CT molecular complexity index is 642. The molecule has 1 atom stereocenters. The van der Waals surface area contributed by atoms with Crippen molar-refractivity contribution in [3.05, 3.63) is 33.2 Å². The van der Waals surface area contributed by atoms with Gasteiger partial charge in [-0.2, -0.15) is 0 Å². The minimum Gasteiger partial charge on any atom is -0.388 e. The first kappa shape index (κ1) is 15.3. The lowest BCUT2D eigenvalue weighted by molar-refractivity contribution is 0.000258. The molecule has 2 aliphatic rings. The van der Waals surface area contributed by atoms with Crippen LogP contribution in [0.25, 0.3) is 0 Å². The third-order valence-corrected chi connectivity index (χ3v) is 4.90. The zero-order valence-corrected chi connectivity index (χ0v) is 13.3. The second-order valence-electron chi connectivity index (χ2n) is 7.03. The molecule has 0 aromatic carbocycles. The molecule has 22 heavy (non-hydrogen) atoms. The molecule has 0 bridgehead atoms. The van der Waals surface area contributed by atoms with Crippen molar-refractivity contribution < 1.29 is 9.90 Å². The van der Waals surface area contributed by atoms with Crippen LogP contribution in [0.2, 0.25) is 0 Å². The zero-order chi connectivity index (χ0) is 15.9. The van der Waals surface area contributed by atoms with E-state index in [9.17, 15) is 14.7 Å². The molecule has 3 rings (SSSR count). The number of carbonyl (C=O) groups is 1. The summed E-state index contributed by atoms with van der Waals surface area (Å²) in [4.78, 5) is 29.6. The van der Waals surface area contributed by atoms with Crippen LogP contribution >= 0.6 is 0 Å². The fourth-order valence-corrected chi connectivity index (χ4v) is 3.73. The van der Waals surface area contributed by atoms with E-state index >= 15 is 0 Å². The van der Waals surface area contributed by atoms with Gasteiger partial charge in [-0.3, -0.25) is 9.59 Å². The normalized spacial score (nSPS) is 21.8. The van der Waals surface area contributed by atoms with E-state index in [0.717, 1.165) is 49.8 Å². The predicted octanol–water partition coefficient (Wildman–Crippen LogP) is 1.63. The van der Waals surface area contributed by atoms with Crippen LogP contribution in [0.15, 0.2) is 10.9 Å². The highest BCUT2D eigenvalue weighted by Gasteiger charge is 2.39. The molecule has 2 heterocycles. The lowest BCUT2D eigenvalue weighted by Gasteiger charge is -2.33. The number of pyridine rings is 1. The van der Waals surface area contributed by atoms with E-state index in [1.54, 1.807) is 24.8 Å². The first-order valence-corrected chi connectivity index (χ1v) is 8.16. The van der Waals surface area contributed by atoms with E-state index in [0.29, 0.717) is 6.54 Å². The van der Waals surface area contributed by atoms with Crippen LogP contribution in [0.3, 0.4) is 0 Å². The average Bonchev–Trinajstić information content (AvgIpc) is 2.95. The number of amides is 1. The largest absolute Gasteiger partial charge is 0.388 e. The molecule has 1 aromatic heterocycles. The van der Waals surface area contributed by atoms with Gasteiger partial charge in [0, 0.05) is 12.2 Å². The van der Waals surface area contributed by atoms with Crippen LogP contribution in [-0.2, 0) is 12.8 Å². The summed E-state index contributed by atoms with van der Waals surface area (Å²) in [6.07, 6.45) is 5.63. The SMILES string of the molecule is CC(C)(O)C1CCCN1C(=O)c1cc2c([nH]c1=O)CCCC2. The maximum atomic E-state index is 12.8. The smallest absolute Gasteiger partial charge is 0.261 e. The second kappa shape index (κ2) is 5.54. The van der Waals surface area contributed by atoms with Gasteiger partial charge in [-0.1, -0.05) is 0 Å². The summed E-state index contributed by atoms with van der Waals surface area (Å²) in [6.45, 7) is 4.05. The lowest BCUT2D eigenvalue weighted by atomic mass is 9.94. The van der Waals surface area contributed by atoms with Gasteiger partial charge in [-0.05, 0) is 64.0 Å².